The highest BCUT2D eigenvalue weighted by atomic mass is 16.1. The van der Waals surface area contributed by atoms with Crippen LogP contribution in [0.1, 0.15) is 10.5 Å². The molecule has 0 aliphatic rings. The molecule has 36 heavy (non-hydrogen) atoms. The Kier molecular flexibility index (Phi) is 5.40. The van der Waals surface area contributed by atoms with E-state index in [0.717, 1.165) is 33.3 Å². The number of amides is 1. The van der Waals surface area contributed by atoms with Crippen LogP contribution < -0.4 is 10.6 Å². The highest BCUT2D eigenvalue weighted by molar-refractivity contribution is 6.06. The number of carbonyl (C=O) groups is 1. The highest BCUT2D eigenvalue weighted by Gasteiger charge is 2.12. The number of nitrogens with one attached hydrogen (secondary N) is 4. The first kappa shape index (κ1) is 21.2. The molecule has 1 amide bonds. The van der Waals surface area contributed by atoms with Gasteiger partial charge in [0, 0.05) is 46.3 Å². The monoisotopic (exact) mass is 472 g/mol. The van der Waals surface area contributed by atoms with E-state index in [0.29, 0.717) is 23.0 Å². The SMILES string of the molecule is O=C(Nc1cccnc1)c1cc2ccc(-c3nccc(Nc4ccc(-c5cn[nH]c5)cc4)n3)cc2[nH]1. The minimum atomic E-state index is -0.234. The fraction of sp³-hybridized carbons (Fsp3) is 0. The van der Waals surface area contributed by atoms with Crippen LogP contribution in [-0.4, -0.2) is 36.0 Å². The van der Waals surface area contributed by atoms with Crippen LogP contribution in [-0.2, 0) is 0 Å². The summed E-state index contributed by atoms with van der Waals surface area (Å²) in [6, 6.07) is 21.1. The van der Waals surface area contributed by atoms with E-state index >= 15 is 0 Å². The van der Waals surface area contributed by atoms with Crippen molar-refractivity contribution in [1.82, 2.24) is 30.1 Å². The Morgan fingerprint density at radius 2 is 1.72 bits per heavy atom. The van der Waals surface area contributed by atoms with Gasteiger partial charge in [-0.05, 0) is 48.0 Å². The molecule has 2 aromatic carbocycles. The quantitative estimate of drug-likeness (QED) is 0.257. The molecule has 9 nitrogen and oxygen atoms in total. The molecule has 4 heterocycles. The second-order valence-corrected chi connectivity index (χ2v) is 8.14. The van der Waals surface area contributed by atoms with Gasteiger partial charge in [0.25, 0.3) is 5.91 Å². The Labute approximate surface area is 205 Å². The number of aromatic amines is 2. The van der Waals surface area contributed by atoms with E-state index in [9.17, 15) is 4.79 Å². The molecule has 4 aromatic heterocycles. The Hall–Kier alpha value is -5.31. The fourth-order valence-electron chi connectivity index (χ4n) is 3.89. The number of hydrogen-bond donors (Lipinski definition) is 4. The van der Waals surface area contributed by atoms with Crippen molar-refractivity contribution in [2.24, 2.45) is 0 Å². The van der Waals surface area contributed by atoms with Crippen LogP contribution in [0.2, 0.25) is 0 Å². The fourth-order valence-corrected chi connectivity index (χ4v) is 3.89. The third-order valence-electron chi connectivity index (χ3n) is 5.69. The van der Waals surface area contributed by atoms with Crippen LogP contribution >= 0.6 is 0 Å². The second-order valence-electron chi connectivity index (χ2n) is 8.14. The Bertz CT molecular complexity index is 1640. The predicted octanol–water partition coefficient (Wildman–Crippen LogP) is 5.41. The van der Waals surface area contributed by atoms with Crippen LogP contribution in [0, 0.1) is 0 Å². The maximum Gasteiger partial charge on any atom is 0.272 e. The summed E-state index contributed by atoms with van der Waals surface area (Å²) >= 11 is 0. The van der Waals surface area contributed by atoms with Gasteiger partial charge in [0.05, 0.1) is 18.1 Å². The van der Waals surface area contributed by atoms with E-state index < -0.39 is 0 Å². The number of fused-ring (bicyclic) bond motifs is 1. The lowest BCUT2D eigenvalue weighted by Gasteiger charge is -2.08. The third-order valence-corrected chi connectivity index (χ3v) is 5.69. The summed E-state index contributed by atoms with van der Waals surface area (Å²) in [4.78, 5) is 29.0. The van der Waals surface area contributed by atoms with E-state index in [1.807, 2.05) is 60.8 Å². The van der Waals surface area contributed by atoms with Gasteiger partial charge in [-0.15, -0.1) is 0 Å². The molecule has 0 saturated heterocycles. The van der Waals surface area contributed by atoms with Gasteiger partial charge in [-0.3, -0.25) is 14.9 Å². The van der Waals surface area contributed by atoms with Gasteiger partial charge in [0.15, 0.2) is 5.82 Å². The minimum Gasteiger partial charge on any atom is -0.350 e. The minimum absolute atomic E-state index is 0.234. The average Bonchev–Trinajstić information content (AvgIpc) is 3.60. The predicted molar refractivity (Wildman–Crippen MR) is 139 cm³/mol. The largest absolute Gasteiger partial charge is 0.350 e. The average molecular weight is 473 g/mol. The summed E-state index contributed by atoms with van der Waals surface area (Å²) in [5.41, 5.74) is 5.77. The van der Waals surface area contributed by atoms with Crippen molar-refractivity contribution in [3.05, 3.63) is 103 Å². The number of carbonyl (C=O) groups excluding carboxylic acids is 1. The summed E-state index contributed by atoms with van der Waals surface area (Å²) in [7, 11) is 0. The lowest BCUT2D eigenvalue weighted by Crippen LogP contribution is -2.12. The van der Waals surface area contributed by atoms with E-state index in [-0.39, 0.29) is 5.91 Å². The van der Waals surface area contributed by atoms with Crippen molar-refractivity contribution < 1.29 is 4.79 Å². The van der Waals surface area contributed by atoms with Crippen LogP contribution in [0.3, 0.4) is 0 Å². The van der Waals surface area contributed by atoms with Gasteiger partial charge < -0.3 is 15.6 Å². The smallest absolute Gasteiger partial charge is 0.272 e. The maximum absolute atomic E-state index is 12.6. The number of benzene rings is 2. The zero-order valence-corrected chi connectivity index (χ0v) is 18.9. The molecule has 0 atom stereocenters. The number of H-pyrrole nitrogens is 2. The first-order valence-electron chi connectivity index (χ1n) is 11.3. The Balaban J connectivity index is 1.21. The molecule has 6 aromatic rings. The molecule has 6 rings (SSSR count). The van der Waals surface area contributed by atoms with Crippen LogP contribution in [0.15, 0.2) is 97.7 Å². The molecule has 0 fully saturated rings. The molecule has 9 heteroatoms. The van der Waals surface area contributed by atoms with Crippen LogP contribution in [0.25, 0.3) is 33.4 Å². The van der Waals surface area contributed by atoms with Crippen molar-refractivity contribution in [2.75, 3.05) is 10.6 Å². The standard InChI is InChI=1S/C27H20N8O/c36-27(33-22-2-1-10-28-16-22)24-12-18-3-4-19(13-23(18)34-24)26-29-11-9-25(35-26)32-21-7-5-17(6-8-21)20-14-30-31-15-20/h1-16,34H,(H,30,31)(H,33,36)(H,29,32,35). The zero-order valence-electron chi connectivity index (χ0n) is 18.9. The molecule has 0 radical (unpaired) electrons. The molecule has 0 spiro atoms. The molecule has 174 valence electrons. The molecular formula is C27H20N8O. The molecule has 0 bridgehead atoms. The number of rotatable bonds is 6. The Morgan fingerprint density at radius 3 is 2.53 bits per heavy atom. The van der Waals surface area contributed by atoms with E-state index in [1.54, 1.807) is 36.9 Å². The number of pyridine rings is 1. The van der Waals surface area contributed by atoms with Gasteiger partial charge in [-0.25, -0.2) is 9.97 Å². The lowest BCUT2D eigenvalue weighted by atomic mass is 10.1. The Morgan fingerprint density at radius 1 is 0.833 bits per heavy atom. The van der Waals surface area contributed by atoms with Gasteiger partial charge in [0.1, 0.15) is 11.5 Å². The summed E-state index contributed by atoms with van der Waals surface area (Å²) < 4.78 is 0. The van der Waals surface area contributed by atoms with Gasteiger partial charge in [-0.1, -0.05) is 24.3 Å². The van der Waals surface area contributed by atoms with Crippen LogP contribution in [0.4, 0.5) is 17.2 Å². The topological polar surface area (TPSA) is 124 Å². The number of aromatic nitrogens is 6. The molecule has 0 unspecified atom stereocenters. The molecule has 0 aliphatic heterocycles. The third kappa shape index (κ3) is 4.40. The second kappa shape index (κ2) is 9.15. The van der Waals surface area contributed by atoms with Crippen molar-refractivity contribution in [1.29, 1.82) is 0 Å². The van der Waals surface area contributed by atoms with Gasteiger partial charge in [-0.2, -0.15) is 5.10 Å². The number of nitrogens with zero attached hydrogens (tertiary/aromatic N) is 4. The number of hydrogen-bond acceptors (Lipinski definition) is 6. The summed E-state index contributed by atoms with van der Waals surface area (Å²) in [6.45, 7) is 0. The summed E-state index contributed by atoms with van der Waals surface area (Å²) in [6.07, 6.45) is 8.62. The van der Waals surface area contributed by atoms with Crippen LogP contribution in [0.5, 0.6) is 0 Å². The van der Waals surface area contributed by atoms with Gasteiger partial charge >= 0.3 is 0 Å². The van der Waals surface area contributed by atoms with Gasteiger partial charge in [0.2, 0.25) is 0 Å². The van der Waals surface area contributed by atoms with E-state index in [1.165, 1.54) is 0 Å². The maximum atomic E-state index is 12.6. The van der Waals surface area contributed by atoms with Crippen molar-refractivity contribution in [3.8, 4) is 22.5 Å². The molecule has 0 aliphatic carbocycles. The van der Waals surface area contributed by atoms with E-state index in [2.05, 4.69) is 40.8 Å². The molecular weight excluding hydrogens is 452 g/mol. The molecule has 0 saturated carbocycles. The highest BCUT2D eigenvalue weighted by Crippen LogP contribution is 2.25. The first-order chi connectivity index (χ1) is 17.7. The zero-order chi connectivity index (χ0) is 24.3. The first-order valence-corrected chi connectivity index (χ1v) is 11.3. The lowest BCUT2D eigenvalue weighted by molar-refractivity contribution is 0.102. The van der Waals surface area contributed by atoms with Crippen molar-refractivity contribution in [2.45, 2.75) is 0 Å². The van der Waals surface area contributed by atoms with Crippen molar-refractivity contribution >= 4 is 34.0 Å². The number of anilines is 3. The molecule has 4 N–H and O–H groups in total. The summed E-state index contributed by atoms with van der Waals surface area (Å²) in [5.74, 6) is 1.02. The summed E-state index contributed by atoms with van der Waals surface area (Å²) in [5, 5.41) is 13.9. The normalized spacial score (nSPS) is 10.9. The van der Waals surface area contributed by atoms with Crippen molar-refractivity contribution in [3.63, 3.8) is 0 Å². The van der Waals surface area contributed by atoms with E-state index in [4.69, 9.17) is 0 Å².